The molecule has 0 spiro atoms. The van der Waals surface area contributed by atoms with E-state index in [4.69, 9.17) is 4.74 Å². The third-order valence-corrected chi connectivity index (χ3v) is 4.41. The van der Waals surface area contributed by atoms with Gasteiger partial charge >= 0.3 is 11.2 Å². The summed E-state index contributed by atoms with van der Waals surface area (Å²) in [5, 5.41) is 11.3. The number of aromatic nitrogens is 1. The Hall–Kier alpha value is -1.85. The van der Waals surface area contributed by atoms with Crippen LogP contribution in [0.5, 0.6) is 5.75 Å². The van der Waals surface area contributed by atoms with Crippen LogP contribution in [0.25, 0.3) is 0 Å². The molecule has 6 heteroatoms. The highest BCUT2D eigenvalue weighted by Gasteiger charge is 2.31. The fraction of sp³-hybridized carbons (Fsp3) is 0.688. The SMILES string of the molecule is CCc1c(C)[nH]c(=O)c([N+](=O)[O-])c1OC1C[C@@H](C)C[C@@H](C)C1. The zero-order valence-electron chi connectivity index (χ0n) is 13.6. The molecular formula is C16H24N2O4. The van der Waals surface area contributed by atoms with Gasteiger partial charge in [-0.15, -0.1) is 0 Å². The first-order valence-electron chi connectivity index (χ1n) is 7.90. The minimum atomic E-state index is -0.688. The van der Waals surface area contributed by atoms with E-state index >= 15 is 0 Å². The molecule has 1 saturated carbocycles. The lowest BCUT2D eigenvalue weighted by atomic mass is 9.82. The van der Waals surface area contributed by atoms with Crippen LogP contribution in [0.2, 0.25) is 0 Å². The van der Waals surface area contributed by atoms with Crippen molar-refractivity contribution in [3.05, 3.63) is 31.7 Å². The highest BCUT2D eigenvalue weighted by Crippen LogP contribution is 2.36. The molecule has 1 fully saturated rings. The van der Waals surface area contributed by atoms with E-state index in [-0.39, 0.29) is 11.9 Å². The summed E-state index contributed by atoms with van der Waals surface area (Å²) in [6, 6.07) is 0. The number of hydrogen-bond acceptors (Lipinski definition) is 4. The van der Waals surface area contributed by atoms with Crippen LogP contribution in [-0.4, -0.2) is 16.0 Å². The normalized spacial score (nSPS) is 25.0. The van der Waals surface area contributed by atoms with E-state index in [2.05, 4.69) is 18.8 Å². The van der Waals surface area contributed by atoms with Crippen molar-refractivity contribution in [3.63, 3.8) is 0 Å². The van der Waals surface area contributed by atoms with E-state index in [0.717, 1.165) is 24.8 Å². The van der Waals surface area contributed by atoms with Crippen molar-refractivity contribution < 1.29 is 9.66 Å². The number of rotatable bonds is 4. The zero-order valence-corrected chi connectivity index (χ0v) is 13.6. The van der Waals surface area contributed by atoms with Gasteiger partial charge in [-0.25, -0.2) is 0 Å². The van der Waals surface area contributed by atoms with Gasteiger partial charge in [-0.05, 0) is 44.4 Å². The highest BCUT2D eigenvalue weighted by molar-refractivity contribution is 5.52. The molecule has 1 aliphatic rings. The first-order valence-corrected chi connectivity index (χ1v) is 7.90. The van der Waals surface area contributed by atoms with Crippen LogP contribution in [-0.2, 0) is 6.42 Å². The topological polar surface area (TPSA) is 85.2 Å². The molecule has 0 bridgehead atoms. The Morgan fingerprint density at radius 2 is 1.86 bits per heavy atom. The van der Waals surface area contributed by atoms with Crippen LogP contribution in [0, 0.1) is 28.9 Å². The monoisotopic (exact) mass is 308 g/mol. The predicted molar refractivity (Wildman–Crippen MR) is 84.4 cm³/mol. The Morgan fingerprint density at radius 3 is 2.36 bits per heavy atom. The Bertz CT molecular complexity index is 613. The minimum absolute atomic E-state index is 0.0658. The maximum absolute atomic E-state index is 12.0. The van der Waals surface area contributed by atoms with Gasteiger partial charge in [0.15, 0.2) is 0 Å². The van der Waals surface area contributed by atoms with E-state index in [9.17, 15) is 14.9 Å². The number of hydrogen-bond donors (Lipinski definition) is 1. The second-order valence-corrected chi connectivity index (χ2v) is 6.50. The number of nitro groups is 1. The van der Waals surface area contributed by atoms with Gasteiger partial charge in [-0.3, -0.25) is 14.9 Å². The molecule has 1 aliphatic carbocycles. The van der Waals surface area contributed by atoms with Crippen molar-refractivity contribution in [1.82, 2.24) is 4.98 Å². The third-order valence-electron chi connectivity index (χ3n) is 4.41. The van der Waals surface area contributed by atoms with Crippen LogP contribution in [0.1, 0.15) is 51.3 Å². The summed E-state index contributed by atoms with van der Waals surface area (Å²) in [4.78, 5) is 25.2. The van der Waals surface area contributed by atoms with Gasteiger partial charge in [0.25, 0.3) is 0 Å². The molecule has 3 atom stereocenters. The molecule has 122 valence electrons. The number of nitrogens with zero attached hydrogens (tertiary/aromatic N) is 1. The summed E-state index contributed by atoms with van der Waals surface area (Å²) in [6.45, 7) is 8.00. The summed E-state index contributed by atoms with van der Waals surface area (Å²) < 4.78 is 6.01. The van der Waals surface area contributed by atoms with Gasteiger partial charge in [-0.1, -0.05) is 20.8 Å². The van der Waals surface area contributed by atoms with E-state index in [1.807, 2.05) is 6.92 Å². The lowest BCUT2D eigenvalue weighted by Gasteiger charge is -2.32. The van der Waals surface area contributed by atoms with Crippen molar-refractivity contribution in [2.24, 2.45) is 11.8 Å². The molecule has 2 rings (SSSR count). The lowest BCUT2D eigenvalue weighted by molar-refractivity contribution is -0.387. The minimum Gasteiger partial charge on any atom is -0.483 e. The van der Waals surface area contributed by atoms with Gasteiger partial charge in [0, 0.05) is 11.3 Å². The molecule has 0 aliphatic heterocycles. The van der Waals surface area contributed by atoms with Crippen LogP contribution in [0.3, 0.4) is 0 Å². The number of H-pyrrole nitrogens is 1. The van der Waals surface area contributed by atoms with E-state index < -0.39 is 16.2 Å². The van der Waals surface area contributed by atoms with Crippen molar-refractivity contribution in [1.29, 1.82) is 0 Å². The Kier molecular flexibility index (Phi) is 4.88. The molecule has 0 amide bonds. The summed E-state index contributed by atoms with van der Waals surface area (Å²) in [6.07, 6.45) is 3.41. The van der Waals surface area contributed by atoms with Crippen molar-refractivity contribution >= 4 is 5.69 Å². The molecule has 1 aromatic rings. The fourth-order valence-corrected chi connectivity index (χ4v) is 3.58. The summed E-state index contributed by atoms with van der Waals surface area (Å²) >= 11 is 0. The first-order chi connectivity index (χ1) is 10.3. The number of aromatic amines is 1. The molecule has 0 radical (unpaired) electrons. The number of aryl methyl sites for hydroxylation is 1. The fourth-order valence-electron chi connectivity index (χ4n) is 3.58. The lowest BCUT2D eigenvalue weighted by Crippen LogP contribution is -2.30. The van der Waals surface area contributed by atoms with Crippen LogP contribution >= 0.6 is 0 Å². The smallest absolute Gasteiger partial charge is 0.375 e. The first kappa shape index (κ1) is 16.5. The van der Waals surface area contributed by atoms with Crippen LogP contribution in [0.4, 0.5) is 5.69 Å². The predicted octanol–water partition coefficient (Wildman–Crippen LogP) is 3.36. The molecule has 6 nitrogen and oxygen atoms in total. The van der Waals surface area contributed by atoms with E-state index in [1.165, 1.54) is 0 Å². The quantitative estimate of drug-likeness (QED) is 0.682. The highest BCUT2D eigenvalue weighted by atomic mass is 16.6. The maximum atomic E-state index is 12.0. The van der Waals surface area contributed by atoms with Gasteiger partial charge < -0.3 is 9.72 Å². The number of ether oxygens (including phenoxy) is 1. The van der Waals surface area contributed by atoms with E-state index in [1.54, 1.807) is 6.92 Å². The van der Waals surface area contributed by atoms with Crippen LogP contribution in [0.15, 0.2) is 4.79 Å². The second-order valence-electron chi connectivity index (χ2n) is 6.50. The van der Waals surface area contributed by atoms with Gasteiger partial charge in [0.2, 0.25) is 5.75 Å². The number of pyridine rings is 1. The Labute approximate surface area is 130 Å². The Balaban J connectivity index is 2.44. The largest absolute Gasteiger partial charge is 0.483 e. The van der Waals surface area contributed by atoms with Crippen molar-refractivity contribution in [3.8, 4) is 5.75 Å². The second kappa shape index (κ2) is 6.50. The van der Waals surface area contributed by atoms with Gasteiger partial charge in [-0.2, -0.15) is 0 Å². The van der Waals surface area contributed by atoms with E-state index in [0.29, 0.717) is 24.0 Å². The summed E-state index contributed by atoms with van der Waals surface area (Å²) in [7, 11) is 0. The molecule has 0 aromatic carbocycles. The molecule has 1 heterocycles. The van der Waals surface area contributed by atoms with Crippen molar-refractivity contribution in [2.45, 2.75) is 59.5 Å². The summed E-state index contributed by atoms with van der Waals surface area (Å²) in [5.74, 6) is 1.22. The third kappa shape index (κ3) is 3.31. The summed E-state index contributed by atoms with van der Waals surface area (Å²) in [5.41, 5.74) is 0.210. The average Bonchev–Trinajstić information content (AvgIpc) is 2.36. The maximum Gasteiger partial charge on any atom is 0.375 e. The average molecular weight is 308 g/mol. The van der Waals surface area contributed by atoms with Gasteiger partial charge in [0.05, 0.1) is 11.0 Å². The van der Waals surface area contributed by atoms with Crippen molar-refractivity contribution in [2.75, 3.05) is 0 Å². The standard InChI is InChI=1S/C16H24N2O4/c1-5-13-11(4)17-16(19)14(18(20)21)15(13)22-12-7-9(2)6-10(3)8-12/h9-10,12H,5-8H2,1-4H3,(H,17,19)/t9-,10+,12?. The molecule has 0 saturated heterocycles. The zero-order chi connectivity index (χ0) is 16.4. The molecule has 1 aromatic heterocycles. The molecule has 1 N–H and O–H groups in total. The number of nitrogens with one attached hydrogen (secondary N) is 1. The Morgan fingerprint density at radius 1 is 1.27 bits per heavy atom. The van der Waals surface area contributed by atoms with Gasteiger partial charge in [0.1, 0.15) is 0 Å². The molecule has 22 heavy (non-hydrogen) atoms. The molecular weight excluding hydrogens is 284 g/mol. The molecule has 1 unspecified atom stereocenters. The van der Waals surface area contributed by atoms with Crippen LogP contribution < -0.4 is 10.3 Å².